The third-order valence-electron chi connectivity index (χ3n) is 7.79. The van der Waals surface area contributed by atoms with Gasteiger partial charge in [0, 0.05) is 37.6 Å². The molecule has 3 aromatic rings. The average molecular weight is 546 g/mol. The van der Waals surface area contributed by atoms with Crippen molar-refractivity contribution in [1.29, 1.82) is 0 Å². The van der Waals surface area contributed by atoms with Crippen LogP contribution in [0, 0.1) is 0 Å². The average Bonchev–Trinajstić information content (AvgIpc) is 3.66. The molecule has 3 N–H and O–H groups in total. The van der Waals surface area contributed by atoms with E-state index in [4.69, 9.17) is 5.73 Å². The molecule has 3 heterocycles. The van der Waals surface area contributed by atoms with Gasteiger partial charge in [0.1, 0.15) is 6.04 Å². The molecule has 1 saturated carbocycles. The summed E-state index contributed by atoms with van der Waals surface area (Å²) in [5, 5.41) is 5.08. The Balaban J connectivity index is 1.39. The lowest BCUT2D eigenvalue weighted by Crippen LogP contribution is -2.50. The first-order chi connectivity index (χ1) is 19.0. The van der Waals surface area contributed by atoms with Gasteiger partial charge in [0.15, 0.2) is 0 Å². The van der Waals surface area contributed by atoms with Gasteiger partial charge in [0.05, 0.1) is 16.5 Å². The Hall–Kier alpha value is -3.56. The molecule has 0 spiro atoms. The Labute approximate surface area is 233 Å². The van der Waals surface area contributed by atoms with Gasteiger partial charge in [-0.15, -0.1) is 11.3 Å². The maximum absolute atomic E-state index is 13.7. The number of amides is 3. The van der Waals surface area contributed by atoms with Crippen LogP contribution in [-0.4, -0.2) is 69.8 Å². The number of nitrogens with one attached hydrogen (secondary N) is 1. The molecule has 9 heteroatoms. The molecular weight excluding hydrogens is 510 g/mol. The van der Waals surface area contributed by atoms with Crippen molar-refractivity contribution in [3.8, 4) is 0 Å². The van der Waals surface area contributed by atoms with E-state index in [0.717, 1.165) is 31.2 Å². The summed E-state index contributed by atoms with van der Waals surface area (Å²) < 4.78 is 0. The maximum Gasteiger partial charge on any atom is 0.264 e. The van der Waals surface area contributed by atoms with Crippen molar-refractivity contribution in [3.63, 3.8) is 0 Å². The van der Waals surface area contributed by atoms with E-state index in [1.54, 1.807) is 23.2 Å². The Morgan fingerprint density at radius 2 is 1.82 bits per heavy atom. The van der Waals surface area contributed by atoms with E-state index in [1.807, 2.05) is 52.7 Å². The first kappa shape index (κ1) is 27.0. The maximum atomic E-state index is 13.7. The molecule has 1 aromatic carbocycles. The van der Waals surface area contributed by atoms with Crippen molar-refractivity contribution >= 4 is 29.1 Å². The summed E-state index contributed by atoms with van der Waals surface area (Å²) in [4.78, 5) is 49.2. The molecule has 2 unspecified atom stereocenters. The number of aromatic nitrogens is 1. The predicted octanol–water partition coefficient (Wildman–Crippen LogP) is 3.50. The van der Waals surface area contributed by atoms with Gasteiger partial charge < -0.3 is 20.9 Å². The molecule has 2 atom stereocenters. The van der Waals surface area contributed by atoms with Crippen LogP contribution in [0.25, 0.3) is 0 Å². The first-order valence-electron chi connectivity index (χ1n) is 13.6. The molecule has 2 aliphatic rings. The summed E-state index contributed by atoms with van der Waals surface area (Å²) >= 11 is 1.40. The second kappa shape index (κ2) is 12.5. The molecule has 1 aliphatic carbocycles. The molecule has 8 nitrogen and oxygen atoms in total. The fourth-order valence-corrected chi connectivity index (χ4v) is 6.29. The number of carbonyl (C=O) groups is 3. The van der Waals surface area contributed by atoms with Crippen LogP contribution in [0.3, 0.4) is 0 Å². The number of benzene rings is 1. The van der Waals surface area contributed by atoms with Crippen LogP contribution in [-0.2, 0) is 11.2 Å². The van der Waals surface area contributed by atoms with Gasteiger partial charge in [-0.2, -0.15) is 0 Å². The number of pyridine rings is 1. The second-order valence-corrected chi connectivity index (χ2v) is 11.4. The lowest BCUT2D eigenvalue weighted by molar-refractivity contribution is -0.125. The Bertz CT molecular complexity index is 1250. The number of carbonyl (C=O) groups excluding carboxylic acids is 3. The van der Waals surface area contributed by atoms with Crippen molar-refractivity contribution in [2.24, 2.45) is 5.73 Å². The fourth-order valence-electron chi connectivity index (χ4n) is 5.61. The summed E-state index contributed by atoms with van der Waals surface area (Å²) in [7, 11) is 0. The third kappa shape index (κ3) is 6.54. The Morgan fingerprint density at radius 3 is 2.51 bits per heavy atom. The molecule has 1 aliphatic heterocycles. The van der Waals surface area contributed by atoms with Gasteiger partial charge in [-0.05, 0) is 67.7 Å². The van der Waals surface area contributed by atoms with E-state index in [1.165, 1.54) is 17.5 Å². The van der Waals surface area contributed by atoms with E-state index < -0.39 is 6.04 Å². The van der Waals surface area contributed by atoms with Crippen molar-refractivity contribution in [2.75, 3.05) is 13.1 Å². The van der Waals surface area contributed by atoms with Crippen LogP contribution >= 0.6 is 11.3 Å². The molecule has 2 aromatic heterocycles. The molecule has 39 heavy (non-hydrogen) atoms. The number of rotatable bonds is 8. The summed E-state index contributed by atoms with van der Waals surface area (Å²) in [5.74, 6) is -0.480. The van der Waals surface area contributed by atoms with Crippen LogP contribution in [0.1, 0.15) is 57.7 Å². The zero-order chi connectivity index (χ0) is 27.2. The van der Waals surface area contributed by atoms with Gasteiger partial charge in [0.2, 0.25) is 5.91 Å². The highest BCUT2D eigenvalue weighted by Crippen LogP contribution is 2.28. The lowest BCUT2D eigenvalue weighted by atomic mass is 9.91. The van der Waals surface area contributed by atoms with E-state index in [0.29, 0.717) is 29.8 Å². The van der Waals surface area contributed by atoms with Crippen molar-refractivity contribution in [1.82, 2.24) is 20.1 Å². The highest BCUT2D eigenvalue weighted by atomic mass is 32.1. The fraction of sp³-hybridized carbons (Fsp3) is 0.400. The Morgan fingerprint density at radius 1 is 1.03 bits per heavy atom. The van der Waals surface area contributed by atoms with E-state index in [2.05, 4.69) is 10.3 Å². The van der Waals surface area contributed by atoms with Crippen LogP contribution in [0.2, 0.25) is 0 Å². The number of nitrogens with two attached hydrogens (primary N) is 1. The van der Waals surface area contributed by atoms with Gasteiger partial charge >= 0.3 is 0 Å². The standard InChI is InChI=1S/C30H35N5O3S/c31-23-10-12-24(13-11-23)33-28(36)26-18-25(20-35(26)29(37)22-8-4-15-32-19-22)34(30(38)27-9-5-17-39-27)16-14-21-6-2-1-3-7-21/h1-9,15,17,19,23-26H,10-14,16,18,20,31H2,(H,33,36). The molecule has 204 valence electrons. The van der Waals surface area contributed by atoms with Crippen molar-refractivity contribution in [3.05, 3.63) is 88.4 Å². The van der Waals surface area contributed by atoms with E-state index in [-0.39, 0.29) is 42.4 Å². The van der Waals surface area contributed by atoms with Crippen LogP contribution in [0.5, 0.6) is 0 Å². The second-order valence-electron chi connectivity index (χ2n) is 10.4. The quantitative estimate of drug-likeness (QED) is 0.451. The minimum absolute atomic E-state index is 0.0497. The van der Waals surface area contributed by atoms with Crippen LogP contribution < -0.4 is 11.1 Å². The zero-order valence-electron chi connectivity index (χ0n) is 21.9. The van der Waals surface area contributed by atoms with Gasteiger partial charge in [-0.1, -0.05) is 36.4 Å². The smallest absolute Gasteiger partial charge is 0.264 e. The molecule has 3 amide bonds. The topological polar surface area (TPSA) is 109 Å². The number of hydrogen-bond donors (Lipinski definition) is 2. The minimum atomic E-state index is -0.673. The number of nitrogens with zero attached hydrogens (tertiary/aromatic N) is 3. The van der Waals surface area contributed by atoms with E-state index >= 15 is 0 Å². The van der Waals surface area contributed by atoms with E-state index in [9.17, 15) is 14.4 Å². The molecule has 1 saturated heterocycles. The summed E-state index contributed by atoms with van der Waals surface area (Å²) in [6.45, 7) is 0.780. The van der Waals surface area contributed by atoms with Gasteiger partial charge in [0.25, 0.3) is 11.8 Å². The largest absolute Gasteiger partial charge is 0.352 e. The number of likely N-dealkylation sites (tertiary alicyclic amines) is 1. The zero-order valence-corrected chi connectivity index (χ0v) is 22.8. The van der Waals surface area contributed by atoms with Crippen LogP contribution in [0.4, 0.5) is 0 Å². The summed E-state index contributed by atoms with van der Waals surface area (Å²) in [6.07, 6.45) is 7.63. The molecule has 0 bridgehead atoms. The summed E-state index contributed by atoms with van der Waals surface area (Å²) in [6, 6.07) is 16.4. The molecule has 2 fully saturated rings. The normalized spacial score (nSPS) is 22.8. The van der Waals surface area contributed by atoms with Crippen molar-refractivity contribution < 1.29 is 14.4 Å². The van der Waals surface area contributed by atoms with Crippen molar-refractivity contribution in [2.45, 2.75) is 62.7 Å². The highest BCUT2D eigenvalue weighted by Gasteiger charge is 2.44. The highest BCUT2D eigenvalue weighted by molar-refractivity contribution is 7.12. The molecule has 0 radical (unpaired) electrons. The minimum Gasteiger partial charge on any atom is -0.352 e. The Kier molecular flexibility index (Phi) is 8.68. The SMILES string of the molecule is NC1CCC(NC(=O)C2CC(N(CCc3ccccc3)C(=O)c3cccs3)CN2C(=O)c2cccnc2)CC1. The van der Waals surface area contributed by atoms with Gasteiger partial charge in [-0.25, -0.2) is 0 Å². The first-order valence-corrected chi connectivity index (χ1v) is 14.5. The third-order valence-corrected chi connectivity index (χ3v) is 8.64. The molecule has 5 rings (SSSR count). The number of thiophene rings is 1. The monoisotopic (exact) mass is 545 g/mol. The predicted molar refractivity (Wildman–Crippen MR) is 151 cm³/mol. The number of hydrogen-bond acceptors (Lipinski definition) is 6. The molecular formula is C30H35N5O3S. The lowest BCUT2D eigenvalue weighted by Gasteiger charge is -2.30. The van der Waals surface area contributed by atoms with Crippen LogP contribution in [0.15, 0.2) is 72.4 Å². The summed E-state index contributed by atoms with van der Waals surface area (Å²) in [5.41, 5.74) is 7.62. The van der Waals surface area contributed by atoms with Gasteiger partial charge in [-0.3, -0.25) is 19.4 Å².